The smallest absolute Gasteiger partial charge is 0.234 e. The zero-order valence-corrected chi connectivity index (χ0v) is 18.0. The molecule has 9 heteroatoms. The normalized spacial score (nSPS) is 16.0. The number of thioether (sulfide) groups is 1. The summed E-state index contributed by atoms with van der Waals surface area (Å²) in [6.45, 7) is 2.31. The molecule has 0 fully saturated rings. The first kappa shape index (κ1) is 19.4. The van der Waals surface area contributed by atoms with Gasteiger partial charge in [-0.3, -0.25) is 4.79 Å². The first-order valence-electron chi connectivity index (χ1n) is 9.05. The third kappa shape index (κ3) is 3.94. The Kier molecular flexibility index (Phi) is 5.70. The number of hydrogen-bond donors (Lipinski definition) is 1. The van der Waals surface area contributed by atoms with Crippen molar-refractivity contribution in [2.24, 2.45) is 13.0 Å². The van der Waals surface area contributed by atoms with Gasteiger partial charge in [-0.2, -0.15) is 0 Å². The highest BCUT2D eigenvalue weighted by molar-refractivity contribution is 7.99. The van der Waals surface area contributed by atoms with Crippen LogP contribution in [0.15, 0.2) is 28.9 Å². The molecular weight excluding hydrogens is 414 g/mol. The fourth-order valence-corrected chi connectivity index (χ4v) is 5.46. The largest absolute Gasteiger partial charge is 0.323 e. The molecule has 4 rings (SSSR count). The molecule has 0 radical (unpaired) electrons. The van der Waals surface area contributed by atoms with Crippen LogP contribution in [0.3, 0.4) is 0 Å². The highest BCUT2D eigenvalue weighted by atomic mass is 35.5. The van der Waals surface area contributed by atoms with E-state index in [1.54, 1.807) is 18.3 Å². The second-order valence-corrected chi connectivity index (χ2v) is 9.21. The Morgan fingerprint density at radius 1 is 1.46 bits per heavy atom. The fourth-order valence-electron chi connectivity index (χ4n) is 3.34. The molecule has 3 heterocycles. The Labute approximate surface area is 176 Å². The van der Waals surface area contributed by atoms with Gasteiger partial charge in [-0.05, 0) is 42.9 Å². The molecule has 146 valence electrons. The Hall–Kier alpha value is -1.90. The van der Waals surface area contributed by atoms with E-state index in [2.05, 4.69) is 32.8 Å². The van der Waals surface area contributed by atoms with Crippen molar-refractivity contribution in [1.29, 1.82) is 0 Å². The summed E-state index contributed by atoms with van der Waals surface area (Å²) in [7, 11) is 1.95. The lowest BCUT2D eigenvalue weighted by atomic mass is 9.88. The quantitative estimate of drug-likeness (QED) is 0.475. The molecule has 1 atom stereocenters. The number of anilines is 1. The number of nitrogens with one attached hydrogen (secondary N) is 1. The molecule has 28 heavy (non-hydrogen) atoms. The van der Waals surface area contributed by atoms with E-state index in [-0.39, 0.29) is 16.8 Å². The molecule has 0 saturated carbocycles. The number of nitrogens with zero attached hydrogens (tertiary/aromatic N) is 4. The second kappa shape index (κ2) is 8.23. The lowest BCUT2D eigenvalue weighted by Crippen LogP contribution is -2.15. The maximum Gasteiger partial charge on any atom is 0.234 e. The van der Waals surface area contributed by atoms with Gasteiger partial charge in [0.2, 0.25) is 5.91 Å². The van der Waals surface area contributed by atoms with Crippen molar-refractivity contribution in [3.8, 4) is 11.4 Å². The summed E-state index contributed by atoms with van der Waals surface area (Å²) in [6.07, 6.45) is 5.04. The van der Waals surface area contributed by atoms with Crippen molar-refractivity contribution < 1.29 is 4.79 Å². The molecule has 0 aliphatic heterocycles. The average Bonchev–Trinajstić information content (AvgIpc) is 3.24. The number of fused-ring (bicyclic) bond motifs is 1. The van der Waals surface area contributed by atoms with Crippen molar-refractivity contribution in [3.63, 3.8) is 0 Å². The standard InChI is InChI=1S/C19H20ClN5OS2/c1-11-5-6-12-13(9-27-15(12)8-11)18-23-24-19(25(18)2)28-10-16(26)22-14-4-3-7-21-17(14)20/h3-4,7,9,11H,5-6,8,10H2,1-2H3,(H,22,26). The van der Waals surface area contributed by atoms with E-state index in [9.17, 15) is 4.79 Å². The van der Waals surface area contributed by atoms with E-state index < -0.39 is 0 Å². The minimum Gasteiger partial charge on any atom is -0.323 e. The summed E-state index contributed by atoms with van der Waals surface area (Å²) in [4.78, 5) is 17.7. The van der Waals surface area contributed by atoms with Crippen LogP contribution in [0.1, 0.15) is 23.8 Å². The van der Waals surface area contributed by atoms with Crippen LogP contribution in [0.25, 0.3) is 11.4 Å². The van der Waals surface area contributed by atoms with Crippen LogP contribution in [0.5, 0.6) is 0 Å². The summed E-state index contributed by atoms with van der Waals surface area (Å²) in [5.74, 6) is 1.67. The number of pyridine rings is 1. The molecule has 1 unspecified atom stereocenters. The number of aromatic nitrogens is 4. The topological polar surface area (TPSA) is 72.7 Å². The minimum atomic E-state index is -0.161. The number of carbonyl (C=O) groups excluding carboxylic acids is 1. The highest BCUT2D eigenvalue weighted by Gasteiger charge is 2.23. The van der Waals surface area contributed by atoms with Crippen LogP contribution in [0.4, 0.5) is 5.69 Å². The van der Waals surface area contributed by atoms with E-state index in [0.29, 0.717) is 10.8 Å². The van der Waals surface area contributed by atoms with Crippen molar-refractivity contribution in [3.05, 3.63) is 39.3 Å². The maximum atomic E-state index is 12.2. The highest BCUT2D eigenvalue weighted by Crippen LogP contribution is 2.38. The van der Waals surface area contributed by atoms with Crippen LogP contribution in [-0.4, -0.2) is 31.4 Å². The van der Waals surface area contributed by atoms with Crippen LogP contribution in [0.2, 0.25) is 5.15 Å². The van der Waals surface area contributed by atoms with Crippen LogP contribution in [0, 0.1) is 5.92 Å². The van der Waals surface area contributed by atoms with E-state index in [0.717, 1.165) is 24.6 Å². The molecule has 6 nitrogen and oxygen atoms in total. The van der Waals surface area contributed by atoms with Gasteiger partial charge in [0.05, 0.1) is 11.4 Å². The molecule has 1 aliphatic rings. The molecule has 0 aromatic carbocycles. The van der Waals surface area contributed by atoms with Crippen molar-refractivity contribution in [1.82, 2.24) is 19.7 Å². The fraction of sp³-hybridized carbons (Fsp3) is 0.368. The van der Waals surface area contributed by atoms with Crippen LogP contribution in [-0.2, 0) is 24.7 Å². The van der Waals surface area contributed by atoms with Gasteiger partial charge >= 0.3 is 0 Å². The zero-order valence-electron chi connectivity index (χ0n) is 15.6. The maximum absolute atomic E-state index is 12.2. The van der Waals surface area contributed by atoms with Crippen LogP contribution >= 0.6 is 34.7 Å². The number of thiophene rings is 1. The van der Waals surface area contributed by atoms with Gasteiger partial charge in [-0.1, -0.05) is 30.3 Å². The summed E-state index contributed by atoms with van der Waals surface area (Å²) in [5.41, 5.74) is 3.10. The Morgan fingerprint density at radius 3 is 3.14 bits per heavy atom. The van der Waals surface area contributed by atoms with Gasteiger partial charge in [-0.25, -0.2) is 4.98 Å². The summed E-state index contributed by atoms with van der Waals surface area (Å²) >= 11 is 9.15. The van der Waals surface area contributed by atoms with E-state index in [4.69, 9.17) is 11.6 Å². The number of hydrogen-bond acceptors (Lipinski definition) is 6. The van der Waals surface area contributed by atoms with Gasteiger partial charge in [0, 0.05) is 29.1 Å². The third-order valence-electron chi connectivity index (χ3n) is 4.84. The van der Waals surface area contributed by atoms with Gasteiger partial charge < -0.3 is 9.88 Å². The van der Waals surface area contributed by atoms with Gasteiger partial charge in [0.1, 0.15) is 0 Å². The minimum absolute atomic E-state index is 0.161. The van der Waals surface area contributed by atoms with Gasteiger partial charge in [0.15, 0.2) is 16.1 Å². The number of rotatable bonds is 5. The first-order chi connectivity index (χ1) is 13.5. The molecule has 0 saturated heterocycles. The SMILES string of the molecule is CC1CCc2c(-c3nnc(SCC(=O)Nc4cccnc4Cl)n3C)csc2C1. The van der Waals surface area contributed by atoms with E-state index in [1.807, 2.05) is 23.0 Å². The van der Waals surface area contributed by atoms with Crippen LogP contribution < -0.4 is 5.32 Å². The predicted octanol–water partition coefficient (Wildman–Crippen LogP) is 4.45. The van der Waals surface area contributed by atoms with Crippen molar-refractivity contribution in [2.45, 2.75) is 31.3 Å². The molecule has 3 aromatic rings. The van der Waals surface area contributed by atoms with E-state index in [1.165, 1.54) is 34.2 Å². The predicted molar refractivity (Wildman–Crippen MR) is 114 cm³/mol. The molecule has 0 bridgehead atoms. The lowest BCUT2D eigenvalue weighted by molar-refractivity contribution is -0.113. The third-order valence-corrected chi connectivity index (χ3v) is 7.22. The Bertz CT molecular complexity index is 1020. The Morgan fingerprint density at radius 2 is 2.32 bits per heavy atom. The lowest BCUT2D eigenvalue weighted by Gasteiger charge is -2.18. The number of carbonyl (C=O) groups is 1. The number of amides is 1. The van der Waals surface area contributed by atoms with E-state index >= 15 is 0 Å². The molecular formula is C19H20ClN5OS2. The summed E-state index contributed by atoms with van der Waals surface area (Å²) in [6, 6.07) is 3.45. The summed E-state index contributed by atoms with van der Waals surface area (Å²) < 4.78 is 1.97. The average molecular weight is 434 g/mol. The molecule has 1 aliphatic carbocycles. The molecule has 1 N–H and O–H groups in total. The number of halogens is 1. The molecule has 0 spiro atoms. The monoisotopic (exact) mass is 433 g/mol. The van der Waals surface area contributed by atoms with Crippen molar-refractivity contribution >= 4 is 46.3 Å². The Balaban J connectivity index is 1.45. The summed E-state index contributed by atoms with van der Waals surface area (Å²) in [5, 5.41) is 14.6. The van der Waals surface area contributed by atoms with Gasteiger partial charge in [0.25, 0.3) is 0 Å². The molecule has 1 amide bonds. The zero-order chi connectivity index (χ0) is 19.7. The first-order valence-corrected chi connectivity index (χ1v) is 11.3. The molecule has 3 aromatic heterocycles. The second-order valence-electron chi connectivity index (χ2n) is 6.94. The van der Waals surface area contributed by atoms with Gasteiger partial charge in [-0.15, -0.1) is 21.5 Å². The van der Waals surface area contributed by atoms with Crippen molar-refractivity contribution in [2.75, 3.05) is 11.1 Å².